The molecule has 0 aliphatic carbocycles. The van der Waals surface area contributed by atoms with Crippen LogP contribution in [0.4, 0.5) is 19.0 Å². The number of nitrogens with zero attached hydrogens (tertiary/aromatic N) is 4. The number of fused-ring (bicyclic) bond motifs is 2. The molecular weight excluding hydrogens is 439 g/mol. The minimum atomic E-state index is -0.901. The van der Waals surface area contributed by atoms with Crippen LogP contribution in [0, 0.1) is 17.5 Å². The molecule has 0 aliphatic heterocycles. The van der Waals surface area contributed by atoms with Gasteiger partial charge < -0.3 is 10.3 Å². The lowest BCUT2D eigenvalue weighted by Gasteiger charge is -2.12. The van der Waals surface area contributed by atoms with Crippen LogP contribution in [0.5, 0.6) is 0 Å². The van der Waals surface area contributed by atoms with Gasteiger partial charge in [0.2, 0.25) is 0 Å². The number of benzene rings is 2. The van der Waals surface area contributed by atoms with Crippen molar-refractivity contribution in [2.75, 3.05) is 5.73 Å². The molecule has 0 radical (unpaired) electrons. The molecule has 9 heteroatoms. The Labute approximate surface area is 185 Å². The van der Waals surface area contributed by atoms with E-state index in [2.05, 4.69) is 15.0 Å². The lowest BCUT2D eigenvalue weighted by molar-refractivity contribution is 0.580. The molecule has 2 N–H and O–H groups in total. The summed E-state index contributed by atoms with van der Waals surface area (Å²) < 4.78 is 44.4. The molecule has 0 saturated heterocycles. The third-order valence-electron chi connectivity index (χ3n) is 5.37. The Kier molecular flexibility index (Phi) is 4.74. The molecule has 0 bridgehead atoms. The van der Waals surface area contributed by atoms with Crippen molar-refractivity contribution in [2.24, 2.45) is 7.05 Å². The number of hydrogen-bond acceptors (Lipinski definition) is 4. The Morgan fingerprint density at radius 3 is 2.47 bits per heavy atom. The second-order valence-corrected chi connectivity index (χ2v) is 7.87. The highest BCUT2D eigenvalue weighted by molar-refractivity contribution is 6.22. The first-order chi connectivity index (χ1) is 15.3. The lowest BCUT2D eigenvalue weighted by Crippen LogP contribution is -1.99. The lowest BCUT2D eigenvalue weighted by atomic mass is 10.00. The summed E-state index contributed by atoms with van der Waals surface area (Å²) in [6.07, 6.45) is 4.46. The number of nitrogen functional groups attached to an aromatic ring is 1. The first kappa shape index (κ1) is 20.3. The molecule has 0 fully saturated rings. The summed E-state index contributed by atoms with van der Waals surface area (Å²) in [5.74, 6) is -1.70. The van der Waals surface area contributed by atoms with E-state index in [1.54, 1.807) is 36.0 Å². The van der Waals surface area contributed by atoms with Gasteiger partial charge in [0, 0.05) is 42.0 Å². The van der Waals surface area contributed by atoms with Crippen LogP contribution in [0.15, 0.2) is 55.1 Å². The van der Waals surface area contributed by atoms with Gasteiger partial charge in [-0.25, -0.2) is 23.1 Å². The number of nitrogens with two attached hydrogens (primary N) is 1. The van der Waals surface area contributed by atoms with Crippen molar-refractivity contribution >= 4 is 39.2 Å². The Bertz CT molecular complexity index is 1500. The average Bonchev–Trinajstić information content (AvgIpc) is 3.10. The van der Waals surface area contributed by atoms with Crippen molar-refractivity contribution in [1.29, 1.82) is 0 Å². The largest absolute Gasteiger partial charge is 0.383 e. The molecule has 5 rings (SSSR count). The minimum Gasteiger partial charge on any atom is -0.383 e. The molecule has 3 heterocycles. The fraction of sp³-hybridized carbons (Fsp3) is 0.0870. The molecule has 32 heavy (non-hydrogen) atoms. The van der Waals surface area contributed by atoms with E-state index >= 15 is 4.39 Å². The summed E-state index contributed by atoms with van der Waals surface area (Å²) in [7, 11) is 1.79. The van der Waals surface area contributed by atoms with Gasteiger partial charge in [-0.3, -0.25) is 4.98 Å². The van der Waals surface area contributed by atoms with E-state index < -0.39 is 22.8 Å². The van der Waals surface area contributed by atoms with E-state index in [0.29, 0.717) is 33.2 Å². The highest BCUT2D eigenvalue weighted by Gasteiger charge is 2.20. The van der Waals surface area contributed by atoms with Gasteiger partial charge >= 0.3 is 0 Å². The van der Waals surface area contributed by atoms with Gasteiger partial charge in [0.1, 0.15) is 40.6 Å². The molecular formula is C23H15ClF3N5. The quantitative estimate of drug-likeness (QED) is 0.366. The van der Waals surface area contributed by atoms with E-state index in [1.165, 1.54) is 12.5 Å². The van der Waals surface area contributed by atoms with Crippen molar-refractivity contribution in [3.63, 3.8) is 0 Å². The maximum absolute atomic E-state index is 15.5. The van der Waals surface area contributed by atoms with E-state index in [9.17, 15) is 8.78 Å². The number of aryl methyl sites for hydroxylation is 1. The summed E-state index contributed by atoms with van der Waals surface area (Å²) in [5.41, 5.74) is 8.08. The van der Waals surface area contributed by atoms with Crippen LogP contribution in [-0.2, 0) is 7.05 Å². The van der Waals surface area contributed by atoms with Crippen molar-refractivity contribution in [1.82, 2.24) is 19.5 Å². The summed E-state index contributed by atoms with van der Waals surface area (Å²) in [6, 6.07) is 8.01. The summed E-state index contributed by atoms with van der Waals surface area (Å²) >= 11 is 6.41. The maximum Gasteiger partial charge on any atom is 0.145 e. The summed E-state index contributed by atoms with van der Waals surface area (Å²) in [5, 5.41) is 0.477. The van der Waals surface area contributed by atoms with Gasteiger partial charge in [0.05, 0.1) is 11.1 Å². The average molecular weight is 454 g/mol. The van der Waals surface area contributed by atoms with Crippen LogP contribution in [0.2, 0.25) is 0 Å². The smallest absolute Gasteiger partial charge is 0.145 e. The Morgan fingerprint density at radius 2 is 1.72 bits per heavy atom. The molecule has 1 unspecified atom stereocenters. The van der Waals surface area contributed by atoms with Gasteiger partial charge in [0.25, 0.3) is 0 Å². The molecule has 5 nitrogen and oxygen atoms in total. The molecule has 0 spiro atoms. The fourth-order valence-corrected chi connectivity index (χ4v) is 4.12. The van der Waals surface area contributed by atoms with Gasteiger partial charge in [-0.1, -0.05) is 12.1 Å². The van der Waals surface area contributed by atoms with Crippen molar-refractivity contribution < 1.29 is 13.2 Å². The topological polar surface area (TPSA) is 69.6 Å². The Morgan fingerprint density at radius 1 is 0.969 bits per heavy atom. The SMILES string of the molecule is Cn1cc(-c2ccc3cc(C(Cl)c4cc(F)cc(F)c4)ncc3c2F)c2c(N)ncnc21. The van der Waals surface area contributed by atoms with Gasteiger partial charge in [-0.15, -0.1) is 11.6 Å². The summed E-state index contributed by atoms with van der Waals surface area (Å²) in [6.45, 7) is 0. The standard InChI is InChI=1S/C23H15ClF3N5/c1-32-9-17(19-22(28)30-10-31-23(19)32)15-3-2-11-6-18(29-8-16(11)21(15)27)20(24)12-4-13(25)7-14(26)5-12/h2-10,20H,1H3,(H2,28,30,31). The molecule has 0 amide bonds. The molecule has 5 aromatic rings. The number of halogens is 4. The predicted molar refractivity (Wildman–Crippen MR) is 118 cm³/mol. The van der Waals surface area contributed by atoms with Crippen LogP contribution in [0.3, 0.4) is 0 Å². The van der Waals surface area contributed by atoms with E-state index in [0.717, 1.165) is 18.2 Å². The van der Waals surface area contributed by atoms with E-state index in [1.807, 2.05) is 0 Å². The van der Waals surface area contributed by atoms with E-state index in [-0.39, 0.29) is 16.8 Å². The van der Waals surface area contributed by atoms with E-state index in [4.69, 9.17) is 17.3 Å². The number of alkyl halides is 1. The number of aromatic nitrogens is 4. The first-order valence-electron chi connectivity index (χ1n) is 9.57. The summed E-state index contributed by atoms with van der Waals surface area (Å²) in [4.78, 5) is 12.5. The van der Waals surface area contributed by atoms with Gasteiger partial charge in [0.15, 0.2) is 0 Å². The highest BCUT2D eigenvalue weighted by Crippen LogP contribution is 2.37. The van der Waals surface area contributed by atoms with Gasteiger partial charge in [-0.05, 0) is 29.1 Å². The van der Waals surface area contributed by atoms with Crippen LogP contribution < -0.4 is 5.73 Å². The minimum absolute atomic E-state index is 0.222. The van der Waals surface area contributed by atoms with Gasteiger partial charge in [-0.2, -0.15) is 0 Å². The molecule has 2 aromatic carbocycles. The molecule has 0 aliphatic rings. The zero-order valence-electron chi connectivity index (χ0n) is 16.7. The zero-order valence-corrected chi connectivity index (χ0v) is 17.4. The molecule has 1 atom stereocenters. The maximum atomic E-state index is 15.5. The number of hydrogen-bond donors (Lipinski definition) is 1. The normalized spacial score (nSPS) is 12.5. The molecule has 0 saturated carbocycles. The second-order valence-electron chi connectivity index (χ2n) is 7.43. The highest BCUT2D eigenvalue weighted by atomic mass is 35.5. The van der Waals surface area contributed by atoms with Crippen molar-refractivity contribution in [3.8, 4) is 11.1 Å². The molecule has 3 aromatic heterocycles. The predicted octanol–water partition coefficient (Wildman–Crippen LogP) is 5.51. The number of rotatable bonds is 3. The fourth-order valence-electron chi connectivity index (χ4n) is 3.88. The van der Waals surface area contributed by atoms with Crippen LogP contribution in [0.25, 0.3) is 32.9 Å². The third-order valence-corrected chi connectivity index (χ3v) is 5.85. The van der Waals surface area contributed by atoms with Crippen LogP contribution >= 0.6 is 11.6 Å². The van der Waals surface area contributed by atoms with Crippen LogP contribution in [-0.4, -0.2) is 19.5 Å². The Hall–Kier alpha value is -3.65. The monoisotopic (exact) mass is 453 g/mol. The van der Waals surface area contributed by atoms with Crippen LogP contribution in [0.1, 0.15) is 16.6 Å². The molecule has 160 valence electrons. The first-order valence-corrected chi connectivity index (χ1v) is 10.0. The van der Waals surface area contributed by atoms with Crippen molar-refractivity contribution in [2.45, 2.75) is 5.38 Å². The second kappa shape index (κ2) is 7.49. The number of pyridine rings is 1. The van der Waals surface area contributed by atoms with Crippen molar-refractivity contribution in [3.05, 3.63) is 83.8 Å². The number of anilines is 1. The third kappa shape index (κ3) is 3.23. The Balaban J connectivity index is 1.62. The zero-order chi connectivity index (χ0) is 22.6.